The van der Waals surface area contributed by atoms with Gasteiger partial charge in [-0.3, -0.25) is 0 Å². The molecule has 0 saturated carbocycles. The van der Waals surface area contributed by atoms with Gasteiger partial charge in [-0.1, -0.05) is 12.1 Å². The highest BCUT2D eigenvalue weighted by atomic mass is 16.7. The first-order valence-electron chi connectivity index (χ1n) is 6.82. The number of para-hydroxylation sites is 1. The molecule has 1 aliphatic rings. The maximum atomic E-state index is 9.21. The third-order valence-corrected chi connectivity index (χ3v) is 3.56. The molecular formula is C17H13N3O2. The molecule has 3 rings (SSSR count). The van der Waals surface area contributed by atoms with E-state index < -0.39 is 0 Å². The summed E-state index contributed by atoms with van der Waals surface area (Å²) in [6, 6.07) is 14.9. The van der Waals surface area contributed by atoms with Crippen LogP contribution in [0.4, 0.5) is 5.69 Å². The molecule has 0 saturated heterocycles. The molecule has 1 aliphatic heterocycles. The van der Waals surface area contributed by atoms with Crippen LogP contribution in [0.1, 0.15) is 29.7 Å². The number of nitrogens with one attached hydrogen (secondary N) is 1. The molecule has 0 spiro atoms. The topological polar surface area (TPSA) is 78.1 Å². The first-order valence-corrected chi connectivity index (χ1v) is 6.82. The Bertz CT molecular complexity index is 770. The highest BCUT2D eigenvalue weighted by Gasteiger charge is 2.17. The molecule has 2 aromatic rings. The van der Waals surface area contributed by atoms with Gasteiger partial charge in [0.15, 0.2) is 11.5 Å². The molecule has 1 heterocycles. The zero-order valence-corrected chi connectivity index (χ0v) is 12.0. The van der Waals surface area contributed by atoms with E-state index in [2.05, 4.69) is 17.5 Å². The number of nitriles is 2. The fourth-order valence-electron chi connectivity index (χ4n) is 2.38. The summed E-state index contributed by atoms with van der Waals surface area (Å²) in [5.41, 5.74) is 2.44. The molecular weight excluding hydrogens is 278 g/mol. The van der Waals surface area contributed by atoms with Crippen molar-refractivity contribution in [1.82, 2.24) is 0 Å². The lowest BCUT2D eigenvalue weighted by atomic mass is 10.0. The number of hydrogen-bond donors (Lipinski definition) is 1. The van der Waals surface area contributed by atoms with Gasteiger partial charge in [-0.2, -0.15) is 10.5 Å². The van der Waals surface area contributed by atoms with Crippen molar-refractivity contribution < 1.29 is 9.47 Å². The Morgan fingerprint density at radius 3 is 2.41 bits per heavy atom. The fourth-order valence-corrected chi connectivity index (χ4v) is 2.38. The van der Waals surface area contributed by atoms with Crippen LogP contribution in [0.2, 0.25) is 0 Å². The first-order chi connectivity index (χ1) is 10.7. The molecule has 5 heteroatoms. The summed E-state index contributed by atoms with van der Waals surface area (Å²) in [6.07, 6.45) is 0. The number of nitrogens with zero attached hydrogens (tertiary/aromatic N) is 2. The molecule has 0 aromatic heterocycles. The zero-order valence-electron chi connectivity index (χ0n) is 12.0. The molecule has 5 nitrogen and oxygen atoms in total. The Hall–Kier alpha value is -3.18. The van der Waals surface area contributed by atoms with E-state index in [1.165, 1.54) is 0 Å². The van der Waals surface area contributed by atoms with Crippen LogP contribution in [0.15, 0.2) is 36.4 Å². The van der Waals surface area contributed by atoms with Crippen molar-refractivity contribution in [2.24, 2.45) is 0 Å². The second-order valence-corrected chi connectivity index (χ2v) is 4.93. The maximum Gasteiger partial charge on any atom is 0.231 e. The van der Waals surface area contributed by atoms with Crippen LogP contribution in [0.3, 0.4) is 0 Å². The normalized spacial score (nSPS) is 13.0. The lowest BCUT2D eigenvalue weighted by Gasteiger charge is -2.18. The molecule has 1 N–H and O–H groups in total. The first kappa shape index (κ1) is 13.8. The van der Waals surface area contributed by atoms with Crippen LogP contribution < -0.4 is 14.8 Å². The van der Waals surface area contributed by atoms with Crippen LogP contribution in [-0.4, -0.2) is 6.79 Å². The molecule has 0 radical (unpaired) electrons. The summed E-state index contributed by atoms with van der Waals surface area (Å²) in [5.74, 6) is 1.44. The van der Waals surface area contributed by atoms with E-state index in [1.54, 1.807) is 18.2 Å². The lowest BCUT2D eigenvalue weighted by Crippen LogP contribution is -2.09. The number of anilines is 1. The molecule has 2 aromatic carbocycles. The van der Waals surface area contributed by atoms with Gasteiger partial charge in [-0.15, -0.1) is 0 Å². The summed E-state index contributed by atoms with van der Waals surface area (Å²) < 4.78 is 10.7. The van der Waals surface area contributed by atoms with E-state index >= 15 is 0 Å². The smallest absolute Gasteiger partial charge is 0.231 e. The van der Waals surface area contributed by atoms with Gasteiger partial charge in [-0.25, -0.2) is 0 Å². The number of rotatable bonds is 3. The number of hydrogen-bond acceptors (Lipinski definition) is 5. The number of benzene rings is 2. The number of ether oxygens (including phenoxy) is 2. The standard InChI is InChI=1S/C17H13N3O2/c1-11(12-5-6-15-16(7-12)22-10-21-15)20-17-13(8-18)3-2-4-14(17)9-19/h2-7,11,20H,10H2,1H3. The molecule has 0 aliphatic carbocycles. The monoisotopic (exact) mass is 291 g/mol. The van der Waals surface area contributed by atoms with Crippen LogP contribution in [0.25, 0.3) is 0 Å². The van der Waals surface area contributed by atoms with E-state index in [0.29, 0.717) is 22.6 Å². The van der Waals surface area contributed by atoms with E-state index in [-0.39, 0.29) is 12.8 Å². The predicted octanol–water partition coefficient (Wildman–Crippen LogP) is 3.33. The minimum atomic E-state index is -0.0869. The second-order valence-electron chi connectivity index (χ2n) is 4.93. The molecule has 22 heavy (non-hydrogen) atoms. The average molecular weight is 291 g/mol. The molecule has 0 bridgehead atoms. The molecule has 108 valence electrons. The van der Waals surface area contributed by atoms with Crippen LogP contribution in [0, 0.1) is 22.7 Å². The summed E-state index contributed by atoms with van der Waals surface area (Å²) in [6.45, 7) is 2.20. The third kappa shape index (κ3) is 2.41. The second kappa shape index (κ2) is 5.67. The fraction of sp³-hybridized carbons (Fsp3) is 0.176. The van der Waals surface area contributed by atoms with Gasteiger partial charge in [0.25, 0.3) is 0 Å². The summed E-state index contributed by atoms with van der Waals surface area (Å²) in [5, 5.41) is 21.7. The molecule has 0 amide bonds. The summed E-state index contributed by atoms with van der Waals surface area (Å²) >= 11 is 0. The predicted molar refractivity (Wildman–Crippen MR) is 80.5 cm³/mol. The van der Waals surface area contributed by atoms with E-state index in [9.17, 15) is 10.5 Å². The van der Waals surface area contributed by atoms with Crippen molar-refractivity contribution in [3.05, 3.63) is 53.1 Å². The van der Waals surface area contributed by atoms with E-state index in [4.69, 9.17) is 9.47 Å². The minimum Gasteiger partial charge on any atom is -0.454 e. The lowest BCUT2D eigenvalue weighted by molar-refractivity contribution is 0.174. The van der Waals surface area contributed by atoms with Crippen molar-refractivity contribution in [3.63, 3.8) is 0 Å². The van der Waals surface area contributed by atoms with Crippen molar-refractivity contribution in [3.8, 4) is 23.6 Å². The van der Waals surface area contributed by atoms with Gasteiger partial charge >= 0.3 is 0 Å². The quantitative estimate of drug-likeness (QED) is 0.938. The average Bonchev–Trinajstić information content (AvgIpc) is 3.02. The van der Waals surface area contributed by atoms with Crippen molar-refractivity contribution >= 4 is 5.69 Å². The van der Waals surface area contributed by atoms with E-state index in [1.807, 2.05) is 25.1 Å². The van der Waals surface area contributed by atoms with Gasteiger partial charge in [0.1, 0.15) is 12.1 Å². The van der Waals surface area contributed by atoms with Crippen molar-refractivity contribution in [2.75, 3.05) is 12.1 Å². The molecule has 1 atom stereocenters. The maximum absolute atomic E-state index is 9.21. The van der Waals surface area contributed by atoms with Crippen LogP contribution in [-0.2, 0) is 0 Å². The number of fused-ring (bicyclic) bond motifs is 1. The van der Waals surface area contributed by atoms with Gasteiger partial charge < -0.3 is 14.8 Å². The third-order valence-electron chi connectivity index (χ3n) is 3.56. The van der Waals surface area contributed by atoms with Gasteiger partial charge in [0, 0.05) is 6.04 Å². The molecule has 0 fully saturated rings. The Kier molecular flexibility index (Phi) is 3.55. The van der Waals surface area contributed by atoms with Gasteiger partial charge in [0.2, 0.25) is 6.79 Å². The Morgan fingerprint density at radius 2 is 1.73 bits per heavy atom. The largest absolute Gasteiger partial charge is 0.454 e. The minimum absolute atomic E-state index is 0.0869. The summed E-state index contributed by atoms with van der Waals surface area (Å²) in [4.78, 5) is 0. The Morgan fingerprint density at radius 1 is 1.05 bits per heavy atom. The van der Waals surface area contributed by atoms with Gasteiger partial charge in [0.05, 0.1) is 16.8 Å². The Labute approximate surface area is 128 Å². The highest BCUT2D eigenvalue weighted by molar-refractivity contribution is 5.67. The highest BCUT2D eigenvalue weighted by Crippen LogP contribution is 2.35. The summed E-state index contributed by atoms with van der Waals surface area (Å²) in [7, 11) is 0. The van der Waals surface area contributed by atoms with Gasteiger partial charge in [-0.05, 0) is 36.8 Å². The Balaban J connectivity index is 1.91. The van der Waals surface area contributed by atoms with Crippen molar-refractivity contribution in [2.45, 2.75) is 13.0 Å². The van der Waals surface area contributed by atoms with Crippen LogP contribution in [0.5, 0.6) is 11.5 Å². The van der Waals surface area contributed by atoms with Crippen LogP contribution >= 0.6 is 0 Å². The van der Waals surface area contributed by atoms with Crippen molar-refractivity contribution in [1.29, 1.82) is 10.5 Å². The van der Waals surface area contributed by atoms with E-state index in [0.717, 1.165) is 11.3 Å². The SMILES string of the molecule is CC(Nc1c(C#N)cccc1C#N)c1ccc2c(c1)OCO2. The molecule has 1 unspecified atom stereocenters. The zero-order chi connectivity index (χ0) is 15.5.